The van der Waals surface area contributed by atoms with Crippen LogP contribution in [0, 0.1) is 5.92 Å². The number of benzene rings is 1. The lowest BCUT2D eigenvalue weighted by atomic mass is 9.99. The van der Waals surface area contributed by atoms with Crippen LogP contribution in [0.5, 0.6) is 0 Å². The molecule has 0 bridgehead atoms. The van der Waals surface area contributed by atoms with Gasteiger partial charge in [-0.1, -0.05) is 44.2 Å². The smallest absolute Gasteiger partial charge is 0.328 e. The molecule has 0 spiro atoms. The summed E-state index contributed by atoms with van der Waals surface area (Å²) in [5, 5.41) is 5.28. The normalized spacial score (nSPS) is 13.7. The lowest BCUT2D eigenvalue weighted by Crippen LogP contribution is -2.56. The third kappa shape index (κ3) is 8.76. The van der Waals surface area contributed by atoms with Crippen molar-refractivity contribution in [2.75, 3.05) is 7.11 Å². The first-order chi connectivity index (χ1) is 13.6. The Morgan fingerprint density at radius 3 is 2.10 bits per heavy atom. The minimum absolute atomic E-state index is 0.113. The van der Waals surface area contributed by atoms with Crippen LogP contribution >= 0.6 is 0 Å². The Hall–Kier alpha value is -2.90. The number of hydrogen-bond donors (Lipinski definition) is 2. The predicted octanol–water partition coefficient (Wildman–Crippen LogP) is 1.37. The first-order valence-corrected chi connectivity index (χ1v) is 9.50. The van der Waals surface area contributed by atoms with Gasteiger partial charge in [-0.3, -0.25) is 14.4 Å². The third-order valence-corrected chi connectivity index (χ3v) is 4.11. The van der Waals surface area contributed by atoms with Gasteiger partial charge < -0.3 is 20.1 Å². The van der Waals surface area contributed by atoms with Crippen LogP contribution in [0.2, 0.25) is 0 Å². The predicted molar refractivity (Wildman–Crippen MR) is 107 cm³/mol. The topological polar surface area (TPSA) is 111 Å². The third-order valence-electron chi connectivity index (χ3n) is 4.11. The zero-order valence-electron chi connectivity index (χ0n) is 17.6. The van der Waals surface area contributed by atoms with Crippen molar-refractivity contribution in [3.63, 3.8) is 0 Å². The number of nitrogens with one attached hydrogen (secondary N) is 2. The van der Waals surface area contributed by atoms with E-state index in [1.165, 1.54) is 21.0 Å². The van der Waals surface area contributed by atoms with E-state index in [2.05, 4.69) is 10.6 Å². The fraction of sp³-hybridized carbons (Fsp3) is 0.524. The molecule has 1 aromatic carbocycles. The Kier molecular flexibility index (Phi) is 9.85. The van der Waals surface area contributed by atoms with E-state index in [1.807, 2.05) is 44.2 Å². The van der Waals surface area contributed by atoms with Crippen molar-refractivity contribution < 1.29 is 28.7 Å². The van der Waals surface area contributed by atoms with Crippen molar-refractivity contribution in [1.29, 1.82) is 0 Å². The molecule has 0 aliphatic carbocycles. The van der Waals surface area contributed by atoms with Gasteiger partial charge in [0.05, 0.1) is 13.2 Å². The number of amides is 2. The lowest BCUT2D eigenvalue weighted by molar-refractivity contribution is -0.158. The van der Waals surface area contributed by atoms with Crippen molar-refractivity contribution in [3.8, 4) is 0 Å². The zero-order valence-corrected chi connectivity index (χ0v) is 17.6. The van der Waals surface area contributed by atoms with Gasteiger partial charge in [-0.2, -0.15) is 0 Å². The first kappa shape index (κ1) is 24.1. The Morgan fingerprint density at radius 2 is 1.62 bits per heavy atom. The number of esters is 2. The van der Waals surface area contributed by atoms with E-state index in [0.29, 0.717) is 6.42 Å². The van der Waals surface area contributed by atoms with Gasteiger partial charge in [-0.05, 0) is 24.3 Å². The van der Waals surface area contributed by atoms with Gasteiger partial charge in [0.25, 0.3) is 5.91 Å². The van der Waals surface area contributed by atoms with Crippen LogP contribution in [0.1, 0.15) is 39.7 Å². The van der Waals surface area contributed by atoms with E-state index >= 15 is 0 Å². The molecule has 0 fully saturated rings. The molecule has 8 heteroatoms. The number of hydrogen-bond acceptors (Lipinski definition) is 6. The van der Waals surface area contributed by atoms with Crippen LogP contribution in [0.25, 0.3) is 0 Å². The van der Waals surface area contributed by atoms with Gasteiger partial charge in [0.15, 0.2) is 6.10 Å². The SMILES string of the molecule is COC(=O)[C@H](CC(C)C)NC(=O)[C@@H](OC(C)=O)C(Cc1ccccc1)NC(C)=O. The highest BCUT2D eigenvalue weighted by Gasteiger charge is 2.35. The van der Waals surface area contributed by atoms with Crippen LogP contribution in [0.4, 0.5) is 0 Å². The molecule has 160 valence electrons. The van der Waals surface area contributed by atoms with Crippen LogP contribution in [-0.2, 0) is 35.1 Å². The van der Waals surface area contributed by atoms with Crippen LogP contribution in [0.15, 0.2) is 30.3 Å². The molecule has 2 N–H and O–H groups in total. The molecular formula is C21H30N2O6. The molecule has 0 radical (unpaired) electrons. The van der Waals surface area contributed by atoms with Gasteiger partial charge >= 0.3 is 11.9 Å². The minimum atomic E-state index is -1.31. The van der Waals surface area contributed by atoms with E-state index in [1.54, 1.807) is 0 Å². The fourth-order valence-corrected chi connectivity index (χ4v) is 2.94. The van der Waals surface area contributed by atoms with Gasteiger partial charge in [-0.15, -0.1) is 0 Å². The van der Waals surface area contributed by atoms with Gasteiger partial charge in [0.1, 0.15) is 6.04 Å². The van der Waals surface area contributed by atoms with Crippen molar-refractivity contribution >= 4 is 23.8 Å². The second-order valence-corrected chi connectivity index (χ2v) is 7.24. The monoisotopic (exact) mass is 406 g/mol. The summed E-state index contributed by atoms with van der Waals surface area (Å²) in [6.45, 7) is 6.30. The molecule has 0 aliphatic heterocycles. The summed E-state index contributed by atoms with van der Waals surface area (Å²) in [5.74, 6) is -2.20. The van der Waals surface area contributed by atoms with E-state index < -0.39 is 36.0 Å². The summed E-state index contributed by atoms with van der Waals surface area (Å²) in [4.78, 5) is 48.4. The van der Waals surface area contributed by atoms with E-state index in [-0.39, 0.29) is 18.2 Å². The quantitative estimate of drug-likeness (QED) is 0.568. The summed E-state index contributed by atoms with van der Waals surface area (Å²) in [6, 6.07) is 7.49. The number of methoxy groups -OCH3 is 1. The minimum Gasteiger partial charge on any atom is -0.467 e. The molecule has 29 heavy (non-hydrogen) atoms. The molecule has 0 saturated heterocycles. The molecule has 8 nitrogen and oxygen atoms in total. The average molecular weight is 406 g/mol. The van der Waals surface area contributed by atoms with Crippen molar-refractivity contribution in [1.82, 2.24) is 10.6 Å². The summed E-state index contributed by atoms with van der Waals surface area (Å²) < 4.78 is 10.0. The number of carbonyl (C=O) groups is 4. The van der Waals surface area contributed by atoms with Gasteiger partial charge in [0.2, 0.25) is 5.91 Å². The Balaban J connectivity index is 3.13. The average Bonchev–Trinajstić information content (AvgIpc) is 2.64. The maximum absolute atomic E-state index is 13.0. The van der Waals surface area contributed by atoms with Gasteiger partial charge in [0, 0.05) is 13.8 Å². The molecule has 0 aliphatic rings. The summed E-state index contributed by atoms with van der Waals surface area (Å²) in [5.41, 5.74) is 0.850. The first-order valence-electron chi connectivity index (χ1n) is 9.50. The van der Waals surface area contributed by atoms with Crippen molar-refractivity contribution in [3.05, 3.63) is 35.9 Å². The van der Waals surface area contributed by atoms with E-state index in [0.717, 1.165) is 5.56 Å². The molecule has 1 rings (SSSR count). The highest BCUT2D eigenvalue weighted by atomic mass is 16.5. The molecule has 0 aromatic heterocycles. The highest BCUT2D eigenvalue weighted by Crippen LogP contribution is 2.12. The van der Waals surface area contributed by atoms with E-state index in [9.17, 15) is 19.2 Å². The maximum atomic E-state index is 13.0. The van der Waals surface area contributed by atoms with Crippen molar-refractivity contribution in [2.24, 2.45) is 5.92 Å². The maximum Gasteiger partial charge on any atom is 0.328 e. The highest BCUT2D eigenvalue weighted by molar-refractivity contribution is 5.89. The van der Waals surface area contributed by atoms with Crippen LogP contribution < -0.4 is 10.6 Å². The molecule has 1 aromatic rings. The van der Waals surface area contributed by atoms with E-state index in [4.69, 9.17) is 9.47 Å². The standard InChI is InChI=1S/C21H30N2O6/c1-13(2)11-18(21(27)28-5)23-20(26)19(29-15(4)25)17(22-14(3)24)12-16-9-7-6-8-10-16/h6-10,13,17-19H,11-12H2,1-5H3,(H,22,24)(H,23,26)/t17?,18-,19-/m0/s1. The largest absolute Gasteiger partial charge is 0.467 e. The fourth-order valence-electron chi connectivity index (χ4n) is 2.94. The van der Waals surface area contributed by atoms with Crippen molar-refractivity contribution in [2.45, 2.75) is 58.7 Å². The van der Waals surface area contributed by atoms with Crippen LogP contribution in [-0.4, -0.2) is 49.1 Å². The molecule has 3 atom stereocenters. The molecule has 2 amide bonds. The molecule has 0 heterocycles. The molecule has 0 saturated carbocycles. The summed E-state index contributed by atoms with van der Waals surface area (Å²) in [6.07, 6.45) is -0.691. The number of ether oxygens (including phenoxy) is 2. The number of carbonyl (C=O) groups excluding carboxylic acids is 4. The lowest BCUT2D eigenvalue weighted by Gasteiger charge is -2.28. The summed E-state index contributed by atoms with van der Waals surface area (Å²) >= 11 is 0. The summed E-state index contributed by atoms with van der Waals surface area (Å²) in [7, 11) is 1.24. The molecule has 1 unspecified atom stereocenters. The van der Waals surface area contributed by atoms with Gasteiger partial charge in [-0.25, -0.2) is 4.79 Å². The van der Waals surface area contributed by atoms with Crippen LogP contribution in [0.3, 0.4) is 0 Å². The second-order valence-electron chi connectivity index (χ2n) is 7.24. The molecular weight excluding hydrogens is 376 g/mol. The Morgan fingerprint density at radius 1 is 1.00 bits per heavy atom. The Bertz CT molecular complexity index is 704. The number of rotatable bonds is 10. The second kappa shape index (κ2) is 11.8. The Labute approximate surface area is 171 Å². The zero-order chi connectivity index (χ0) is 22.0.